The third-order valence-corrected chi connectivity index (χ3v) is 4.61. The van der Waals surface area contributed by atoms with E-state index < -0.39 is 0 Å². The van der Waals surface area contributed by atoms with Crippen LogP contribution in [0.5, 0.6) is 0 Å². The molecule has 2 atom stereocenters. The average Bonchev–Trinajstić information content (AvgIpc) is 2.49. The standard InChI is InChI=1S/C20H34/c1-4-6-13-18(3)20(12-5-2)17-11-10-16-19-14-8-7-9-15-19/h7-9,14-15,18,20H,4-6,10-13,16-17H2,1-3H3. The Hall–Kier alpha value is -0.780. The molecule has 0 radical (unpaired) electrons. The lowest BCUT2D eigenvalue weighted by molar-refractivity contribution is 0.283. The highest BCUT2D eigenvalue weighted by Gasteiger charge is 2.15. The monoisotopic (exact) mass is 274 g/mol. The second kappa shape index (κ2) is 10.9. The summed E-state index contributed by atoms with van der Waals surface area (Å²) >= 11 is 0. The highest BCUT2D eigenvalue weighted by molar-refractivity contribution is 5.14. The summed E-state index contributed by atoms with van der Waals surface area (Å²) in [5.74, 6) is 1.88. The van der Waals surface area contributed by atoms with E-state index in [0.717, 1.165) is 11.8 Å². The van der Waals surface area contributed by atoms with Gasteiger partial charge in [-0.15, -0.1) is 0 Å². The molecule has 0 spiro atoms. The predicted octanol–water partition coefficient (Wildman–Crippen LogP) is 6.64. The van der Waals surface area contributed by atoms with E-state index in [1.165, 1.54) is 63.4 Å². The van der Waals surface area contributed by atoms with Crippen LogP contribution in [0.1, 0.15) is 77.7 Å². The largest absolute Gasteiger partial charge is 0.0654 e. The van der Waals surface area contributed by atoms with E-state index in [0.29, 0.717) is 0 Å². The molecule has 0 nitrogen and oxygen atoms in total. The van der Waals surface area contributed by atoms with E-state index in [9.17, 15) is 0 Å². The Morgan fingerprint density at radius 1 is 0.800 bits per heavy atom. The summed E-state index contributed by atoms with van der Waals surface area (Å²) in [5.41, 5.74) is 1.50. The second-order valence-corrected chi connectivity index (χ2v) is 6.40. The number of aryl methyl sites for hydroxylation is 1. The van der Waals surface area contributed by atoms with Crippen LogP contribution >= 0.6 is 0 Å². The number of hydrogen-bond donors (Lipinski definition) is 0. The molecule has 0 bridgehead atoms. The van der Waals surface area contributed by atoms with E-state index >= 15 is 0 Å². The van der Waals surface area contributed by atoms with Gasteiger partial charge in [-0.25, -0.2) is 0 Å². The quantitative estimate of drug-likeness (QED) is 0.397. The van der Waals surface area contributed by atoms with E-state index in [1.807, 2.05) is 0 Å². The number of hydrogen-bond acceptors (Lipinski definition) is 0. The van der Waals surface area contributed by atoms with Crippen LogP contribution in [0.3, 0.4) is 0 Å². The highest BCUT2D eigenvalue weighted by atomic mass is 14.2. The van der Waals surface area contributed by atoms with Gasteiger partial charge in [-0.1, -0.05) is 96.0 Å². The molecule has 0 saturated carbocycles. The lowest BCUT2D eigenvalue weighted by atomic mass is 9.82. The molecule has 0 fully saturated rings. The summed E-state index contributed by atoms with van der Waals surface area (Å²) in [4.78, 5) is 0. The molecule has 1 aromatic carbocycles. The van der Waals surface area contributed by atoms with Crippen molar-refractivity contribution in [2.45, 2.75) is 78.6 Å². The maximum atomic E-state index is 2.48. The van der Waals surface area contributed by atoms with Gasteiger partial charge < -0.3 is 0 Å². The molecule has 20 heavy (non-hydrogen) atoms. The van der Waals surface area contributed by atoms with Crippen molar-refractivity contribution in [3.63, 3.8) is 0 Å². The van der Waals surface area contributed by atoms with Crippen molar-refractivity contribution < 1.29 is 0 Å². The van der Waals surface area contributed by atoms with Crippen LogP contribution in [-0.2, 0) is 6.42 Å². The van der Waals surface area contributed by atoms with Crippen molar-refractivity contribution in [2.24, 2.45) is 11.8 Å². The van der Waals surface area contributed by atoms with Gasteiger partial charge in [-0.3, -0.25) is 0 Å². The second-order valence-electron chi connectivity index (χ2n) is 6.40. The van der Waals surface area contributed by atoms with Gasteiger partial charge in [0.25, 0.3) is 0 Å². The van der Waals surface area contributed by atoms with Crippen molar-refractivity contribution in [2.75, 3.05) is 0 Å². The topological polar surface area (TPSA) is 0 Å². The van der Waals surface area contributed by atoms with E-state index in [2.05, 4.69) is 51.1 Å². The maximum Gasteiger partial charge on any atom is -0.0279 e. The lowest BCUT2D eigenvalue weighted by Gasteiger charge is -2.23. The first-order chi connectivity index (χ1) is 9.77. The normalized spacial score (nSPS) is 14.2. The van der Waals surface area contributed by atoms with Crippen LogP contribution < -0.4 is 0 Å². The minimum absolute atomic E-state index is 0.923. The minimum Gasteiger partial charge on any atom is -0.0654 e. The first-order valence-corrected chi connectivity index (χ1v) is 8.81. The lowest BCUT2D eigenvalue weighted by Crippen LogP contribution is -2.12. The Bertz CT molecular complexity index is 314. The molecule has 0 N–H and O–H groups in total. The molecule has 0 heteroatoms. The fourth-order valence-corrected chi connectivity index (χ4v) is 3.23. The molecule has 2 unspecified atom stereocenters. The molecule has 1 rings (SSSR count). The molecule has 0 aliphatic rings. The van der Waals surface area contributed by atoms with Crippen LogP contribution in [-0.4, -0.2) is 0 Å². The van der Waals surface area contributed by atoms with Crippen molar-refractivity contribution in [1.82, 2.24) is 0 Å². The maximum absolute atomic E-state index is 2.48. The summed E-state index contributed by atoms with van der Waals surface area (Å²) in [6, 6.07) is 10.9. The molecule has 0 heterocycles. The molecular weight excluding hydrogens is 240 g/mol. The zero-order chi connectivity index (χ0) is 14.6. The van der Waals surface area contributed by atoms with Crippen LogP contribution in [0.25, 0.3) is 0 Å². The molecule has 0 aromatic heterocycles. The van der Waals surface area contributed by atoms with Crippen molar-refractivity contribution in [3.05, 3.63) is 35.9 Å². The summed E-state index contributed by atoms with van der Waals surface area (Å²) in [7, 11) is 0. The Kier molecular flexibility index (Phi) is 9.45. The average molecular weight is 274 g/mol. The van der Waals surface area contributed by atoms with Crippen molar-refractivity contribution in [1.29, 1.82) is 0 Å². The third-order valence-electron chi connectivity index (χ3n) is 4.61. The molecule has 1 aromatic rings. The number of benzene rings is 1. The van der Waals surface area contributed by atoms with Gasteiger partial charge >= 0.3 is 0 Å². The third kappa shape index (κ3) is 7.12. The molecule has 0 amide bonds. The first kappa shape index (κ1) is 17.3. The zero-order valence-corrected chi connectivity index (χ0v) is 13.9. The fraction of sp³-hybridized carbons (Fsp3) is 0.700. The van der Waals surface area contributed by atoms with E-state index in [4.69, 9.17) is 0 Å². The Labute approximate surface area is 127 Å². The Morgan fingerprint density at radius 3 is 2.20 bits per heavy atom. The Morgan fingerprint density at radius 2 is 1.55 bits per heavy atom. The smallest absolute Gasteiger partial charge is 0.0279 e. The van der Waals surface area contributed by atoms with Gasteiger partial charge in [0.15, 0.2) is 0 Å². The molecule has 0 aliphatic heterocycles. The Balaban J connectivity index is 2.24. The molecule has 114 valence electrons. The number of unbranched alkanes of at least 4 members (excludes halogenated alkanes) is 2. The van der Waals surface area contributed by atoms with Crippen molar-refractivity contribution in [3.8, 4) is 0 Å². The van der Waals surface area contributed by atoms with E-state index in [1.54, 1.807) is 0 Å². The number of rotatable bonds is 11. The molecule has 0 aliphatic carbocycles. The summed E-state index contributed by atoms with van der Waals surface area (Å²) < 4.78 is 0. The van der Waals surface area contributed by atoms with Crippen LogP contribution in [0.4, 0.5) is 0 Å². The van der Waals surface area contributed by atoms with Crippen LogP contribution in [0.2, 0.25) is 0 Å². The van der Waals surface area contributed by atoms with Gasteiger partial charge in [0.1, 0.15) is 0 Å². The van der Waals surface area contributed by atoms with E-state index in [-0.39, 0.29) is 0 Å². The van der Waals surface area contributed by atoms with Gasteiger partial charge in [0.05, 0.1) is 0 Å². The van der Waals surface area contributed by atoms with Crippen LogP contribution in [0.15, 0.2) is 30.3 Å². The minimum atomic E-state index is 0.923. The van der Waals surface area contributed by atoms with Gasteiger partial charge in [0.2, 0.25) is 0 Å². The zero-order valence-electron chi connectivity index (χ0n) is 13.9. The fourth-order valence-electron chi connectivity index (χ4n) is 3.23. The van der Waals surface area contributed by atoms with Gasteiger partial charge in [-0.05, 0) is 30.2 Å². The van der Waals surface area contributed by atoms with Gasteiger partial charge in [0, 0.05) is 0 Å². The summed E-state index contributed by atoms with van der Waals surface area (Å²) in [6.07, 6.45) is 12.4. The van der Waals surface area contributed by atoms with Crippen LogP contribution in [0, 0.1) is 11.8 Å². The highest BCUT2D eigenvalue weighted by Crippen LogP contribution is 2.27. The summed E-state index contributed by atoms with van der Waals surface area (Å²) in [6.45, 7) is 7.12. The SMILES string of the molecule is CCCCC(C)C(CCC)CCCCc1ccccc1. The predicted molar refractivity (Wildman–Crippen MR) is 91.1 cm³/mol. The molecule has 0 saturated heterocycles. The van der Waals surface area contributed by atoms with Gasteiger partial charge in [-0.2, -0.15) is 0 Å². The first-order valence-electron chi connectivity index (χ1n) is 8.81. The van der Waals surface area contributed by atoms with Crippen molar-refractivity contribution >= 4 is 0 Å². The molecular formula is C20H34. The summed E-state index contributed by atoms with van der Waals surface area (Å²) in [5, 5.41) is 0.